The van der Waals surface area contributed by atoms with Gasteiger partial charge < -0.3 is 10.1 Å². The van der Waals surface area contributed by atoms with Gasteiger partial charge in [0.1, 0.15) is 11.4 Å². The summed E-state index contributed by atoms with van der Waals surface area (Å²) in [6, 6.07) is 0. The third kappa shape index (κ3) is 8.72. The number of nitrogens with one attached hydrogen (secondary N) is 1. The molecule has 0 aromatic rings. The van der Waals surface area contributed by atoms with Crippen LogP contribution in [0.3, 0.4) is 0 Å². The van der Waals surface area contributed by atoms with Gasteiger partial charge in [-0.25, -0.2) is 4.79 Å². The lowest BCUT2D eigenvalue weighted by Crippen LogP contribution is -2.33. The van der Waals surface area contributed by atoms with Crippen LogP contribution in [0.5, 0.6) is 0 Å². The standard InChI is InChI=1S/C13H25NO3/c1-6-10(2)11(15)8-7-9-14-12(16)17-13(3,4)5/h10H,6-9H2,1-5H3,(H,14,16). The highest BCUT2D eigenvalue weighted by Crippen LogP contribution is 2.08. The Labute approximate surface area is 104 Å². The predicted octanol–water partition coefficient (Wildman–Crippen LogP) is 2.91. The molecule has 0 saturated carbocycles. The molecule has 0 aromatic heterocycles. The summed E-state index contributed by atoms with van der Waals surface area (Å²) in [6.07, 6.45) is 1.64. The fourth-order valence-electron chi connectivity index (χ4n) is 1.24. The van der Waals surface area contributed by atoms with E-state index in [0.29, 0.717) is 19.4 Å². The van der Waals surface area contributed by atoms with Gasteiger partial charge in [-0.3, -0.25) is 4.79 Å². The van der Waals surface area contributed by atoms with Crippen molar-refractivity contribution in [2.45, 2.75) is 59.5 Å². The lowest BCUT2D eigenvalue weighted by molar-refractivity contribution is -0.122. The van der Waals surface area contributed by atoms with Crippen LogP contribution in [-0.4, -0.2) is 24.0 Å². The van der Waals surface area contributed by atoms with E-state index in [-0.39, 0.29) is 11.7 Å². The van der Waals surface area contributed by atoms with E-state index in [4.69, 9.17) is 4.74 Å². The molecule has 17 heavy (non-hydrogen) atoms. The number of hydrogen-bond acceptors (Lipinski definition) is 3. The number of ketones is 1. The van der Waals surface area contributed by atoms with Crippen molar-refractivity contribution in [3.63, 3.8) is 0 Å². The van der Waals surface area contributed by atoms with E-state index in [0.717, 1.165) is 6.42 Å². The molecule has 0 aliphatic heterocycles. The van der Waals surface area contributed by atoms with Crippen LogP contribution < -0.4 is 5.32 Å². The topological polar surface area (TPSA) is 55.4 Å². The first-order valence-electron chi connectivity index (χ1n) is 6.25. The normalized spacial score (nSPS) is 13.0. The van der Waals surface area contributed by atoms with E-state index in [1.54, 1.807) is 0 Å². The van der Waals surface area contributed by atoms with Gasteiger partial charge in [0.25, 0.3) is 0 Å². The SMILES string of the molecule is CCC(C)C(=O)CCCNC(=O)OC(C)(C)C. The van der Waals surface area contributed by atoms with Crippen molar-refractivity contribution in [1.82, 2.24) is 5.32 Å². The summed E-state index contributed by atoms with van der Waals surface area (Å²) < 4.78 is 5.08. The molecule has 4 nitrogen and oxygen atoms in total. The zero-order chi connectivity index (χ0) is 13.5. The Morgan fingerprint density at radius 3 is 2.35 bits per heavy atom. The van der Waals surface area contributed by atoms with Crippen LogP contribution in [0.2, 0.25) is 0 Å². The number of carbonyl (C=O) groups excluding carboxylic acids is 2. The van der Waals surface area contributed by atoms with E-state index < -0.39 is 11.7 Å². The van der Waals surface area contributed by atoms with Gasteiger partial charge in [-0.1, -0.05) is 13.8 Å². The van der Waals surface area contributed by atoms with Crippen LogP contribution in [0, 0.1) is 5.92 Å². The minimum atomic E-state index is -0.476. The summed E-state index contributed by atoms with van der Waals surface area (Å²) in [6.45, 7) is 9.87. The maximum Gasteiger partial charge on any atom is 0.407 e. The van der Waals surface area contributed by atoms with Gasteiger partial charge in [-0.2, -0.15) is 0 Å². The molecule has 0 aliphatic rings. The van der Waals surface area contributed by atoms with Gasteiger partial charge in [0.05, 0.1) is 0 Å². The first-order chi connectivity index (χ1) is 7.76. The Morgan fingerprint density at radius 2 is 1.88 bits per heavy atom. The van der Waals surface area contributed by atoms with Crippen LogP contribution in [0.25, 0.3) is 0 Å². The second-order valence-corrected chi connectivity index (χ2v) is 5.31. The molecule has 0 aromatic carbocycles. The summed E-state index contributed by atoms with van der Waals surface area (Å²) in [4.78, 5) is 22.8. The maximum atomic E-state index is 11.5. The van der Waals surface area contributed by atoms with Crippen molar-refractivity contribution in [2.75, 3.05) is 6.54 Å². The number of ether oxygens (including phenoxy) is 1. The van der Waals surface area contributed by atoms with Gasteiger partial charge in [-0.15, -0.1) is 0 Å². The molecule has 0 saturated heterocycles. The number of rotatable bonds is 6. The largest absolute Gasteiger partial charge is 0.444 e. The fraction of sp³-hybridized carbons (Fsp3) is 0.846. The first kappa shape index (κ1) is 15.9. The first-order valence-corrected chi connectivity index (χ1v) is 6.25. The molecule has 1 unspecified atom stereocenters. The summed E-state index contributed by atoms with van der Waals surface area (Å²) >= 11 is 0. The zero-order valence-corrected chi connectivity index (χ0v) is 11.6. The highest BCUT2D eigenvalue weighted by molar-refractivity contribution is 5.80. The van der Waals surface area contributed by atoms with Gasteiger partial charge in [0.2, 0.25) is 0 Å². The zero-order valence-electron chi connectivity index (χ0n) is 11.6. The minimum absolute atomic E-state index is 0.122. The molecule has 4 heteroatoms. The molecule has 0 rings (SSSR count). The van der Waals surface area contributed by atoms with Gasteiger partial charge in [0, 0.05) is 18.9 Å². The Bertz CT molecular complexity index is 256. The second-order valence-electron chi connectivity index (χ2n) is 5.31. The van der Waals surface area contributed by atoms with Crippen LogP contribution in [0.15, 0.2) is 0 Å². The Morgan fingerprint density at radius 1 is 1.29 bits per heavy atom. The smallest absolute Gasteiger partial charge is 0.407 e. The molecule has 1 atom stereocenters. The average molecular weight is 243 g/mol. The second kappa shape index (κ2) is 7.30. The molecule has 1 amide bonds. The Kier molecular flexibility index (Phi) is 6.85. The van der Waals surface area contributed by atoms with Crippen molar-refractivity contribution in [2.24, 2.45) is 5.92 Å². The molecular weight excluding hydrogens is 218 g/mol. The van der Waals surface area contributed by atoms with Crippen molar-refractivity contribution < 1.29 is 14.3 Å². The third-order valence-electron chi connectivity index (χ3n) is 2.43. The number of carbonyl (C=O) groups is 2. The minimum Gasteiger partial charge on any atom is -0.444 e. The number of hydrogen-bond donors (Lipinski definition) is 1. The van der Waals surface area contributed by atoms with E-state index in [1.807, 2.05) is 34.6 Å². The van der Waals surface area contributed by atoms with Crippen molar-refractivity contribution in [1.29, 1.82) is 0 Å². The lowest BCUT2D eigenvalue weighted by Gasteiger charge is -2.19. The average Bonchev–Trinajstić information content (AvgIpc) is 2.20. The Hall–Kier alpha value is -1.06. The third-order valence-corrected chi connectivity index (χ3v) is 2.43. The van der Waals surface area contributed by atoms with Crippen LogP contribution >= 0.6 is 0 Å². The quantitative estimate of drug-likeness (QED) is 0.730. The van der Waals surface area contributed by atoms with Crippen LogP contribution in [-0.2, 0) is 9.53 Å². The van der Waals surface area contributed by atoms with Crippen LogP contribution in [0.4, 0.5) is 4.79 Å². The highest BCUT2D eigenvalue weighted by Gasteiger charge is 2.15. The number of amides is 1. The van der Waals surface area contributed by atoms with Crippen LogP contribution in [0.1, 0.15) is 53.9 Å². The van der Waals surface area contributed by atoms with E-state index in [9.17, 15) is 9.59 Å². The maximum absolute atomic E-state index is 11.5. The molecule has 100 valence electrons. The van der Waals surface area contributed by atoms with Gasteiger partial charge in [-0.05, 0) is 33.6 Å². The van der Waals surface area contributed by atoms with E-state index in [2.05, 4.69) is 5.32 Å². The highest BCUT2D eigenvalue weighted by atomic mass is 16.6. The van der Waals surface area contributed by atoms with E-state index >= 15 is 0 Å². The summed E-state index contributed by atoms with van der Waals surface area (Å²) in [7, 11) is 0. The molecule has 0 bridgehead atoms. The molecule has 0 fully saturated rings. The molecule has 0 radical (unpaired) electrons. The monoisotopic (exact) mass is 243 g/mol. The van der Waals surface area contributed by atoms with Gasteiger partial charge >= 0.3 is 6.09 Å². The van der Waals surface area contributed by atoms with E-state index in [1.165, 1.54) is 0 Å². The molecule has 1 N–H and O–H groups in total. The molecule has 0 heterocycles. The molecule has 0 aliphatic carbocycles. The fourth-order valence-corrected chi connectivity index (χ4v) is 1.24. The van der Waals surface area contributed by atoms with Crippen molar-refractivity contribution >= 4 is 11.9 Å². The summed E-state index contributed by atoms with van der Waals surface area (Å²) in [5, 5.41) is 2.64. The summed E-state index contributed by atoms with van der Waals surface area (Å²) in [5.74, 6) is 0.384. The number of Topliss-reactive ketones (excluding diaryl/α,β-unsaturated/α-hetero) is 1. The summed E-state index contributed by atoms with van der Waals surface area (Å²) in [5.41, 5.74) is -0.476. The number of alkyl carbamates (subject to hydrolysis) is 1. The molecular formula is C13H25NO3. The Balaban J connectivity index is 3.65. The van der Waals surface area contributed by atoms with Crippen molar-refractivity contribution in [3.8, 4) is 0 Å². The lowest BCUT2D eigenvalue weighted by atomic mass is 10.00. The molecule has 0 spiro atoms. The van der Waals surface area contributed by atoms with Crippen molar-refractivity contribution in [3.05, 3.63) is 0 Å². The van der Waals surface area contributed by atoms with Gasteiger partial charge in [0.15, 0.2) is 0 Å². The predicted molar refractivity (Wildman–Crippen MR) is 67.9 cm³/mol.